The molecule has 2 aromatic carbocycles. The number of nitriles is 1. The van der Waals surface area contributed by atoms with E-state index in [-0.39, 0.29) is 11.6 Å². The molecule has 134 valence electrons. The molecule has 1 amide bonds. The van der Waals surface area contributed by atoms with Crippen LogP contribution in [-0.2, 0) is 11.3 Å². The molecule has 2 rings (SSSR count). The van der Waals surface area contributed by atoms with Gasteiger partial charge in [0.15, 0.2) is 0 Å². The number of hydrogen-bond donors (Lipinski definition) is 2. The highest BCUT2D eigenvalue weighted by Gasteiger charge is 2.13. The lowest BCUT2D eigenvalue weighted by Crippen LogP contribution is -2.28. The third-order valence-electron chi connectivity index (χ3n) is 3.83. The van der Waals surface area contributed by atoms with Crippen LogP contribution < -0.4 is 15.4 Å². The van der Waals surface area contributed by atoms with Crippen molar-refractivity contribution in [3.63, 3.8) is 0 Å². The molecule has 0 saturated carbocycles. The molecule has 1 unspecified atom stereocenters. The summed E-state index contributed by atoms with van der Waals surface area (Å²) >= 11 is 3.46. The summed E-state index contributed by atoms with van der Waals surface area (Å²) in [6.07, 6.45) is 1.44. The van der Waals surface area contributed by atoms with Gasteiger partial charge < -0.3 is 15.4 Å². The minimum atomic E-state index is -0.421. The number of nitrogens with one attached hydrogen (secondary N) is 2. The summed E-state index contributed by atoms with van der Waals surface area (Å²) in [7, 11) is 1.60. The topological polar surface area (TPSA) is 74.1 Å². The van der Waals surface area contributed by atoms with Crippen LogP contribution in [0.5, 0.6) is 5.75 Å². The number of carbonyl (C=O) groups is 1. The van der Waals surface area contributed by atoms with Crippen molar-refractivity contribution in [1.82, 2.24) is 10.6 Å². The highest BCUT2D eigenvalue weighted by Crippen LogP contribution is 2.18. The second-order valence-corrected chi connectivity index (χ2v) is 6.46. The van der Waals surface area contributed by atoms with Gasteiger partial charge in [0.1, 0.15) is 17.4 Å². The van der Waals surface area contributed by atoms with Gasteiger partial charge in [-0.1, -0.05) is 46.3 Å². The zero-order chi connectivity index (χ0) is 18.9. The molecule has 2 aromatic rings. The van der Waals surface area contributed by atoms with E-state index in [1.165, 1.54) is 6.20 Å². The fourth-order valence-electron chi connectivity index (χ4n) is 2.30. The zero-order valence-electron chi connectivity index (χ0n) is 14.6. The van der Waals surface area contributed by atoms with Gasteiger partial charge in [-0.25, -0.2) is 0 Å². The van der Waals surface area contributed by atoms with Crippen molar-refractivity contribution in [1.29, 1.82) is 5.26 Å². The number of halogens is 1. The fraction of sp³-hybridized carbons (Fsp3) is 0.200. The third kappa shape index (κ3) is 5.36. The molecule has 5 nitrogen and oxygen atoms in total. The Bertz CT molecular complexity index is 826. The normalized spacial score (nSPS) is 12.0. The van der Waals surface area contributed by atoms with Gasteiger partial charge in [0.05, 0.1) is 13.2 Å². The quantitative estimate of drug-likeness (QED) is 0.534. The van der Waals surface area contributed by atoms with Crippen LogP contribution in [0.1, 0.15) is 24.1 Å². The summed E-state index contributed by atoms with van der Waals surface area (Å²) in [4.78, 5) is 12.3. The lowest BCUT2D eigenvalue weighted by atomic mass is 10.1. The van der Waals surface area contributed by atoms with Gasteiger partial charge in [-0.05, 0) is 36.2 Å². The maximum atomic E-state index is 12.3. The number of hydrogen-bond acceptors (Lipinski definition) is 4. The van der Waals surface area contributed by atoms with Crippen molar-refractivity contribution in [3.8, 4) is 11.8 Å². The van der Waals surface area contributed by atoms with Crippen molar-refractivity contribution in [3.05, 3.63) is 75.9 Å². The Morgan fingerprint density at radius 3 is 2.58 bits per heavy atom. The zero-order valence-corrected chi connectivity index (χ0v) is 16.2. The lowest BCUT2D eigenvalue weighted by Gasteiger charge is -2.14. The van der Waals surface area contributed by atoms with E-state index >= 15 is 0 Å². The van der Waals surface area contributed by atoms with E-state index in [4.69, 9.17) is 4.74 Å². The summed E-state index contributed by atoms with van der Waals surface area (Å²) in [5.41, 5.74) is 1.99. The molecular weight excluding hydrogens is 394 g/mol. The average molecular weight is 414 g/mol. The molecule has 0 fully saturated rings. The monoisotopic (exact) mass is 413 g/mol. The van der Waals surface area contributed by atoms with Gasteiger partial charge in [0, 0.05) is 17.2 Å². The van der Waals surface area contributed by atoms with E-state index in [9.17, 15) is 10.1 Å². The third-order valence-corrected chi connectivity index (χ3v) is 4.60. The summed E-state index contributed by atoms with van der Waals surface area (Å²) in [6.45, 7) is 2.37. The average Bonchev–Trinajstić information content (AvgIpc) is 2.66. The first-order valence-corrected chi connectivity index (χ1v) is 8.86. The predicted octanol–water partition coefficient (Wildman–Crippen LogP) is 3.83. The van der Waals surface area contributed by atoms with Crippen LogP contribution in [0, 0.1) is 11.3 Å². The van der Waals surface area contributed by atoms with Gasteiger partial charge >= 0.3 is 0 Å². The minimum Gasteiger partial charge on any atom is -0.497 e. The largest absolute Gasteiger partial charge is 0.497 e. The second-order valence-electron chi connectivity index (χ2n) is 5.61. The molecule has 0 radical (unpaired) electrons. The maximum Gasteiger partial charge on any atom is 0.263 e. The first kappa shape index (κ1) is 19.5. The molecular formula is C20H20BrN3O2. The molecule has 2 N–H and O–H groups in total. The van der Waals surface area contributed by atoms with Gasteiger partial charge in [-0.3, -0.25) is 4.79 Å². The molecule has 6 heteroatoms. The Kier molecular flexibility index (Phi) is 7.24. The highest BCUT2D eigenvalue weighted by atomic mass is 79.9. The van der Waals surface area contributed by atoms with Gasteiger partial charge in [-0.2, -0.15) is 5.26 Å². The summed E-state index contributed by atoms with van der Waals surface area (Å²) < 4.78 is 6.09. The van der Waals surface area contributed by atoms with Gasteiger partial charge in [-0.15, -0.1) is 0 Å². The van der Waals surface area contributed by atoms with E-state index in [1.54, 1.807) is 7.11 Å². The Labute approximate surface area is 161 Å². The van der Waals surface area contributed by atoms with Crippen molar-refractivity contribution in [2.24, 2.45) is 0 Å². The van der Waals surface area contributed by atoms with Gasteiger partial charge in [0.2, 0.25) is 0 Å². The number of methoxy groups -OCH3 is 1. The van der Waals surface area contributed by atoms with Crippen LogP contribution in [0.4, 0.5) is 0 Å². The molecule has 1 atom stereocenters. The summed E-state index contributed by atoms with van der Waals surface area (Å²) in [5, 5.41) is 15.1. The van der Waals surface area contributed by atoms with E-state index in [0.717, 1.165) is 21.3 Å². The summed E-state index contributed by atoms with van der Waals surface area (Å²) in [6, 6.07) is 16.9. The molecule has 0 aliphatic rings. The number of amides is 1. The number of nitrogens with zero attached hydrogens (tertiary/aromatic N) is 1. The predicted molar refractivity (Wildman–Crippen MR) is 104 cm³/mol. The first-order chi connectivity index (χ1) is 12.5. The van der Waals surface area contributed by atoms with E-state index in [1.807, 2.05) is 61.5 Å². The second kappa shape index (κ2) is 9.64. The first-order valence-electron chi connectivity index (χ1n) is 8.07. The Balaban J connectivity index is 1.96. The molecule has 26 heavy (non-hydrogen) atoms. The number of ether oxygens (including phenoxy) is 1. The fourth-order valence-corrected chi connectivity index (χ4v) is 2.73. The molecule has 0 heterocycles. The van der Waals surface area contributed by atoms with E-state index in [0.29, 0.717) is 6.54 Å². The molecule has 0 aromatic heterocycles. The SMILES string of the molecule is COc1ccc(C(C)NC(=O)/C(C#N)=C\NCc2ccccc2Br)cc1. The maximum absolute atomic E-state index is 12.3. The number of rotatable bonds is 7. The smallest absolute Gasteiger partial charge is 0.263 e. The van der Waals surface area contributed by atoms with Crippen molar-refractivity contribution in [2.75, 3.05) is 7.11 Å². The van der Waals surface area contributed by atoms with E-state index in [2.05, 4.69) is 26.6 Å². The lowest BCUT2D eigenvalue weighted by molar-refractivity contribution is -0.117. The highest BCUT2D eigenvalue weighted by molar-refractivity contribution is 9.10. The van der Waals surface area contributed by atoms with Crippen LogP contribution in [0.3, 0.4) is 0 Å². The van der Waals surface area contributed by atoms with Crippen LogP contribution in [0.25, 0.3) is 0 Å². The molecule has 0 saturated heterocycles. The van der Waals surface area contributed by atoms with Crippen LogP contribution in [-0.4, -0.2) is 13.0 Å². The van der Waals surface area contributed by atoms with E-state index < -0.39 is 5.91 Å². The van der Waals surface area contributed by atoms with Crippen LogP contribution in [0.2, 0.25) is 0 Å². The summed E-state index contributed by atoms with van der Waals surface area (Å²) in [5.74, 6) is 0.330. The van der Waals surface area contributed by atoms with Crippen LogP contribution in [0.15, 0.2) is 64.8 Å². The molecule has 0 aliphatic heterocycles. The Hall–Kier alpha value is -2.78. The standard InChI is InChI=1S/C20H20BrN3O2/c1-14(15-7-9-18(26-2)10-8-15)24-20(25)17(11-22)13-23-12-16-5-3-4-6-19(16)21/h3-10,13-14,23H,12H2,1-2H3,(H,24,25)/b17-13-. The van der Waals surface area contributed by atoms with Crippen molar-refractivity contribution in [2.45, 2.75) is 19.5 Å². The van der Waals surface area contributed by atoms with Crippen molar-refractivity contribution >= 4 is 21.8 Å². The molecule has 0 bridgehead atoms. The van der Waals surface area contributed by atoms with Crippen LogP contribution >= 0.6 is 15.9 Å². The molecule has 0 spiro atoms. The Morgan fingerprint density at radius 2 is 1.96 bits per heavy atom. The minimum absolute atomic E-state index is 0.0254. The van der Waals surface area contributed by atoms with Gasteiger partial charge in [0.25, 0.3) is 5.91 Å². The van der Waals surface area contributed by atoms with Crippen molar-refractivity contribution < 1.29 is 9.53 Å². The number of benzene rings is 2. The molecule has 0 aliphatic carbocycles. The Morgan fingerprint density at radius 1 is 1.27 bits per heavy atom. The number of carbonyl (C=O) groups excluding carboxylic acids is 1.